The number of primary amides is 1. The molecule has 1 aromatic heterocycles. The first kappa shape index (κ1) is 13.4. The zero-order valence-electron chi connectivity index (χ0n) is 9.56. The maximum atomic E-state index is 11.2. The van der Waals surface area contributed by atoms with Gasteiger partial charge in [-0.2, -0.15) is 4.37 Å². The lowest BCUT2D eigenvalue weighted by Gasteiger charge is -2.16. The molecule has 0 aliphatic heterocycles. The molecule has 1 amide bonds. The van der Waals surface area contributed by atoms with E-state index < -0.39 is 0 Å². The van der Waals surface area contributed by atoms with E-state index in [0.29, 0.717) is 5.75 Å². The van der Waals surface area contributed by atoms with Crippen molar-refractivity contribution in [3.05, 3.63) is 5.82 Å². The second-order valence-corrected chi connectivity index (χ2v) is 5.71. The first-order chi connectivity index (χ1) is 7.49. The first-order valence-corrected chi connectivity index (χ1v) is 6.73. The minimum absolute atomic E-state index is 0.231. The third kappa shape index (κ3) is 4.46. The highest BCUT2D eigenvalue weighted by atomic mass is 32.2. The number of nitrogens with zero attached hydrogens (tertiary/aromatic N) is 2. The molecule has 1 aromatic rings. The van der Waals surface area contributed by atoms with Gasteiger partial charge in [0.1, 0.15) is 5.82 Å². The number of thioether (sulfide) groups is 1. The Morgan fingerprint density at radius 3 is 2.75 bits per heavy atom. The van der Waals surface area contributed by atoms with Gasteiger partial charge in [-0.1, -0.05) is 25.6 Å². The quantitative estimate of drug-likeness (QED) is 0.739. The molecule has 1 rings (SSSR count). The van der Waals surface area contributed by atoms with E-state index >= 15 is 0 Å². The van der Waals surface area contributed by atoms with Crippen LogP contribution in [0.2, 0.25) is 0 Å². The van der Waals surface area contributed by atoms with Gasteiger partial charge in [-0.25, -0.2) is 4.98 Å². The first-order valence-electron chi connectivity index (χ1n) is 4.97. The summed E-state index contributed by atoms with van der Waals surface area (Å²) in [7, 11) is 0. The Kier molecular flexibility index (Phi) is 5.17. The van der Waals surface area contributed by atoms with Crippen LogP contribution >= 0.6 is 23.3 Å². The molecular weight excluding hydrogens is 244 g/mol. The molecule has 1 unspecified atom stereocenters. The molecule has 90 valence electrons. The summed E-state index contributed by atoms with van der Waals surface area (Å²) >= 11 is 2.85. The normalized spacial score (nSPS) is 13.0. The van der Waals surface area contributed by atoms with Crippen molar-refractivity contribution < 1.29 is 4.79 Å². The van der Waals surface area contributed by atoms with Crippen molar-refractivity contribution >= 4 is 29.2 Å². The lowest BCUT2D eigenvalue weighted by atomic mass is 10.3. The van der Waals surface area contributed by atoms with Gasteiger partial charge in [0.2, 0.25) is 5.91 Å². The minimum atomic E-state index is -0.331. The van der Waals surface area contributed by atoms with Gasteiger partial charge in [0, 0.05) is 11.8 Å². The number of hydrogen-bond acceptors (Lipinski definition) is 6. The summed E-state index contributed by atoms with van der Waals surface area (Å²) in [5.41, 5.74) is 5.31. The maximum absolute atomic E-state index is 11.2. The Balaban J connectivity index is 2.46. The molecule has 3 N–H and O–H groups in total. The van der Waals surface area contributed by atoms with Gasteiger partial charge in [0.05, 0.1) is 6.04 Å². The van der Waals surface area contributed by atoms with Crippen molar-refractivity contribution in [2.75, 3.05) is 5.75 Å². The molecule has 0 radical (unpaired) electrons. The topological polar surface area (TPSA) is 80.9 Å². The SMILES string of the molecule is Cc1nsc(SCC(NC(C)C)C(N)=O)n1. The summed E-state index contributed by atoms with van der Waals surface area (Å²) in [6.45, 7) is 5.81. The number of nitrogens with two attached hydrogens (primary N) is 1. The monoisotopic (exact) mass is 260 g/mol. The van der Waals surface area contributed by atoms with Gasteiger partial charge < -0.3 is 11.1 Å². The molecule has 0 aliphatic rings. The van der Waals surface area contributed by atoms with Crippen molar-refractivity contribution in [2.24, 2.45) is 5.73 Å². The zero-order valence-corrected chi connectivity index (χ0v) is 11.2. The lowest BCUT2D eigenvalue weighted by Crippen LogP contribution is -2.46. The third-order valence-corrected chi connectivity index (χ3v) is 3.78. The number of rotatable bonds is 6. The lowest BCUT2D eigenvalue weighted by molar-refractivity contribution is -0.119. The standard InChI is InChI=1S/C9H16N4OS2/c1-5(2)11-7(8(10)14)4-15-9-12-6(3)13-16-9/h5,7,11H,4H2,1-3H3,(H2,10,14). The number of carbonyl (C=O) groups is 1. The molecule has 0 aliphatic carbocycles. The van der Waals surface area contributed by atoms with Gasteiger partial charge in [-0.05, 0) is 18.5 Å². The highest BCUT2D eigenvalue weighted by molar-refractivity contribution is 8.01. The Morgan fingerprint density at radius 1 is 1.62 bits per heavy atom. The van der Waals surface area contributed by atoms with Gasteiger partial charge in [-0.15, -0.1) is 0 Å². The third-order valence-electron chi connectivity index (χ3n) is 1.76. The van der Waals surface area contributed by atoms with Crippen molar-refractivity contribution in [3.8, 4) is 0 Å². The minimum Gasteiger partial charge on any atom is -0.368 e. The van der Waals surface area contributed by atoms with Gasteiger partial charge in [0.15, 0.2) is 4.34 Å². The average Bonchev–Trinajstić information content (AvgIpc) is 2.58. The van der Waals surface area contributed by atoms with Crippen LogP contribution in [-0.2, 0) is 4.79 Å². The van der Waals surface area contributed by atoms with E-state index in [4.69, 9.17) is 5.73 Å². The highest BCUT2D eigenvalue weighted by Gasteiger charge is 2.17. The van der Waals surface area contributed by atoms with Crippen molar-refractivity contribution in [1.82, 2.24) is 14.7 Å². The number of nitrogens with one attached hydrogen (secondary N) is 1. The van der Waals surface area contributed by atoms with Crippen molar-refractivity contribution in [1.29, 1.82) is 0 Å². The molecule has 1 atom stereocenters. The van der Waals surface area contributed by atoms with E-state index in [0.717, 1.165) is 10.2 Å². The number of hydrogen-bond donors (Lipinski definition) is 2. The highest BCUT2D eigenvalue weighted by Crippen LogP contribution is 2.20. The van der Waals surface area contributed by atoms with Gasteiger partial charge >= 0.3 is 0 Å². The molecule has 0 saturated carbocycles. The largest absolute Gasteiger partial charge is 0.368 e. The van der Waals surface area contributed by atoms with Crippen molar-refractivity contribution in [2.45, 2.75) is 37.2 Å². The van der Waals surface area contributed by atoms with E-state index in [9.17, 15) is 4.79 Å². The van der Waals surface area contributed by atoms with Crippen LogP contribution in [-0.4, -0.2) is 33.1 Å². The Bertz CT molecular complexity index is 353. The van der Waals surface area contributed by atoms with Crippen LogP contribution in [0.3, 0.4) is 0 Å². The summed E-state index contributed by atoms with van der Waals surface area (Å²) in [5.74, 6) is 1.02. The molecule has 0 bridgehead atoms. The molecule has 0 saturated heterocycles. The summed E-state index contributed by atoms with van der Waals surface area (Å²) < 4.78 is 4.94. The molecule has 7 heteroatoms. The number of aromatic nitrogens is 2. The fraction of sp³-hybridized carbons (Fsp3) is 0.667. The maximum Gasteiger partial charge on any atom is 0.235 e. The number of aryl methyl sites for hydroxylation is 1. The fourth-order valence-electron chi connectivity index (χ4n) is 1.11. The van der Waals surface area contributed by atoms with E-state index in [1.165, 1.54) is 23.3 Å². The second-order valence-electron chi connectivity index (χ2n) is 3.69. The van der Waals surface area contributed by atoms with Crippen LogP contribution in [0.4, 0.5) is 0 Å². The molecule has 5 nitrogen and oxygen atoms in total. The zero-order chi connectivity index (χ0) is 12.1. The summed E-state index contributed by atoms with van der Waals surface area (Å²) in [6.07, 6.45) is 0. The number of carbonyl (C=O) groups excluding carboxylic acids is 1. The predicted molar refractivity (Wildman–Crippen MR) is 66.6 cm³/mol. The van der Waals surface area contributed by atoms with E-state index in [1.807, 2.05) is 20.8 Å². The molecule has 0 spiro atoms. The molecular formula is C9H16N4OS2. The van der Waals surface area contributed by atoms with Gasteiger partial charge in [0.25, 0.3) is 0 Å². The number of amides is 1. The second kappa shape index (κ2) is 6.17. The summed E-state index contributed by atoms with van der Waals surface area (Å²) in [5, 5.41) is 3.12. The van der Waals surface area contributed by atoms with Crippen LogP contribution in [0.25, 0.3) is 0 Å². The molecule has 0 aromatic carbocycles. The predicted octanol–water partition coefficient (Wildman–Crippen LogP) is 0.791. The Hall–Kier alpha value is -0.660. The Morgan fingerprint density at radius 2 is 2.31 bits per heavy atom. The Labute approximate surface area is 103 Å². The van der Waals surface area contributed by atoms with Crippen LogP contribution in [0, 0.1) is 6.92 Å². The summed E-state index contributed by atoms with van der Waals surface area (Å²) in [6, 6.07) is -0.0940. The van der Waals surface area contributed by atoms with Crippen LogP contribution in [0.5, 0.6) is 0 Å². The van der Waals surface area contributed by atoms with Crippen LogP contribution in [0.15, 0.2) is 4.34 Å². The van der Waals surface area contributed by atoms with E-state index in [1.54, 1.807) is 0 Å². The van der Waals surface area contributed by atoms with Crippen LogP contribution in [0.1, 0.15) is 19.7 Å². The summed E-state index contributed by atoms with van der Waals surface area (Å²) in [4.78, 5) is 15.4. The smallest absolute Gasteiger partial charge is 0.235 e. The van der Waals surface area contributed by atoms with Gasteiger partial charge in [-0.3, -0.25) is 4.79 Å². The molecule has 0 fully saturated rings. The van der Waals surface area contributed by atoms with Crippen molar-refractivity contribution in [3.63, 3.8) is 0 Å². The molecule has 1 heterocycles. The van der Waals surface area contributed by atoms with E-state index in [2.05, 4.69) is 14.7 Å². The fourth-order valence-corrected chi connectivity index (χ4v) is 2.82. The molecule has 16 heavy (non-hydrogen) atoms. The van der Waals surface area contributed by atoms with Crippen LogP contribution < -0.4 is 11.1 Å². The van der Waals surface area contributed by atoms with E-state index in [-0.39, 0.29) is 18.0 Å². The average molecular weight is 260 g/mol.